The molecule has 0 unspecified atom stereocenters. The highest BCUT2D eigenvalue weighted by molar-refractivity contribution is 8.26. The molecule has 3 aromatic rings. The largest absolute Gasteiger partial charge is 0.355 e. The smallest absolute Gasteiger partial charge is 0.267 e. The molecule has 8 heteroatoms. The van der Waals surface area contributed by atoms with Gasteiger partial charge >= 0.3 is 0 Å². The third kappa shape index (κ3) is 4.60. The number of rotatable bonds is 4. The van der Waals surface area contributed by atoms with E-state index in [2.05, 4.69) is 18.7 Å². The Morgan fingerprint density at radius 2 is 1.78 bits per heavy atom. The van der Waals surface area contributed by atoms with Crippen LogP contribution in [0.15, 0.2) is 58.4 Å². The fourth-order valence-electron chi connectivity index (χ4n) is 5.28. The fourth-order valence-corrected chi connectivity index (χ4v) is 6.68. The van der Waals surface area contributed by atoms with Crippen LogP contribution in [0.4, 0.5) is 5.82 Å². The molecule has 0 bridgehead atoms. The van der Waals surface area contributed by atoms with Crippen LogP contribution in [0.1, 0.15) is 49.9 Å². The number of carbonyl (C=O) groups is 1. The van der Waals surface area contributed by atoms with Crippen molar-refractivity contribution in [3.8, 4) is 0 Å². The molecule has 4 heterocycles. The Kier molecular flexibility index (Phi) is 6.74. The van der Waals surface area contributed by atoms with Crippen LogP contribution in [0.3, 0.4) is 0 Å². The van der Waals surface area contributed by atoms with Gasteiger partial charge in [0.15, 0.2) is 0 Å². The molecule has 0 radical (unpaired) electrons. The van der Waals surface area contributed by atoms with E-state index in [1.54, 1.807) is 21.6 Å². The van der Waals surface area contributed by atoms with Crippen LogP contribution in [0.25, 0.3) is 11.7 Å². The highest BCUT2D eigenvalue weighted by Gasteiger charge is 2.37. The first kappa shape index (κ1) is 24.7. The molecule has 2 aliphatic heterocycles. The zero-order chi connectivity index (χ0) is 25.6. The summed E-state index contributed by atoms with van der Waals surface area (Å²) in [7, 11) is 0. The predicted molar refractivity (Wildman–Crippen MR) is 151 cm³/mol. The summed E-state index contributed by atoms with van der Waals surface area (Å²) >= 11 is 6.87. The van der Waals surface area contributed by atoms with Crippen LogP contribution < -0.4 is 10.5 Å². The first-order chi connectivity index (χ1) is 17.2. The number of benzene rings is 1. The number of thioether (sulfide) groups is 1. The molecule has 0 aliphatic carbocycles. The lowest BCUT2D eigenvalue weighted by atomic mass is 9.91. The molecule has 1 amide bonds. The van der Waals surface area contributed by atoms with Gasteiger partial charge < -0.3 is 4.90 Å². The zero-order valence-electron chi connectivity index (χ0n) is 21.0. The quantitative estimate of drug-likeness (QED) is 0.338. The van der Waals surface area contributed by atoms with Gasteiger partial charge in [-0.3, -0.25) is 18.9 Å². The summed E-state index contributed by atoms with van der Waals surface area (Å²) in [5.74, 6) is 1.44. The van der Waals surface area contributed by atoms with Gasteiger partial charge in [0, 0.05) is 19.3 Å². The summed E-state index contributed by atoms with van der Waals surface area (Å²) in [6.07, 6.45) is 4.66. The molecule has 5 rings (SSSR count). The van der Waals surface area contributed by atoms with Gasteiger partial charge in [-0.05, 0) is 55.4 Å². The number of aryl methyl sites for hydroxylation is 1. The van der Waals surface area contributed by atoms with Crippen molar-refractivity contribution in [2.45, 2.75) is 40.2 Å². The van der Waals surface area contributed by atoms with E-state index < -0.39 is 0 Å². The molecule has 186 valence electrons. The number of amides is 1. The molecule has 0 N–H and O–H groups in total. The van der Waals surface area contributed by atoms with Gasteiger partial charge in [-0.2, -0.15) is 0 Å². The molecule has 2 aliphatic rings. The summed E-state index contributed by atoms with van der Waals surface area (Å²) in [5, 5.41) is 0. The van der Waals surface area contributed by atoms with Crippen LogP contribution in [0.5, 0.6) is 0 Å². The number of nitrogens with zero attached hydrogens (tertiary/aromatic N) is 4. The standard InChI is InChI=1S/C28H30N4O2S2/c1-17-10-11-24-29-25(30-14-18(2)12-19(3)15-30)22(26(33)31(24)16-17)13-23-27(34)32(28(35)36-23)20(4)21-8-6-5-7-9-21/h5-11,13,16,18-20H,12,14-15H2,1-4H3/b23-13+/t18-,19+,20-/m0/s1. The molecule has 2 fully saturated rings. The van der Waals surface area contributed by atoms with Gasteiger partial charge in [0.1, 0.15) is 15.8 Å². The molecule has 2 saturated heterocycles. The second-order valence-electron chi connectivity index (χ2n) is 10.1. The van der Waals surface area contributed by atoms with Crippen molar-refractivity contribution in [1.82, 2.24) is 14.3 Å². The van der Waals surface area contributed by atoms with E-state index in [4.69, 9.17) is 17.2 Å². The van der Waals surface area contributed by atoms with Crippen molar-refractivity contribution in [3.05, 3.63) is 80.6 Å². The molecule has 6 nitrogen and oxygen atoms in total. The van der Waals surface area contributed by atoms with E-state index in [9.17, 15) is 9.59 Å². The number of fused-ring (bicyclic) bond motifs is 1. The Labute approximate surface area is 221 Å². The van der Waals surface area contributed by atoms with E-state index in [-0.39, 0.29) is 17.5 Å². The zero-order valence-corrected chi connectivity index (χ0v) is 22.6. The molecule has 36 heavy (non-hydrogen) atoms. The van der Waals surface area contributed by atoms with Crippen molar-refractivity contribution in [2.24, 2.45) is 11.8 Å². The Morgan fingerprint density at radius 1 is 1.08 bits per heavy atom. The van der Waals surface area contributed by atoms with Crippen molar-refractivity contribution < 1.29 is 4.79 Å². The van der Waals surface area contributed by atoms with Crippen molar-refractivity contribution >= 4 is 51.7 Å². The number of thiocarbonyl (C=S) groups is 1. The highest BCUT2D eigenvalue weighted by atomic mass is 32.2. The lowest BCUT2D eigenvalue weighted by molar-refractivity contribution is -0.123. The Morgan fingerprint density at radius 3 is 2.47 bits per heavy atom. The number of piperidine rings is 1. The van der Waals surface area contributed by atoms with Gasteiger partial charge in [0.25, 0.3) is 11.5 Å². The van der Waals surface area contributed by atoms with Crippen LogP contribution in [0, 0.1) is 18.8 Å². The Hall–Kier alpha value is -2.97. The number of carbonyl (C=O) groups excluding carboxylic acids is 1. The number of anilines is 1. The molecular formula is C28H30N4O2S2. The molecular weight excluding hydrogens is 488 g/mol. The number of aromatic nitrogens is 2. The van der Waals surface area contributed by atoms with E-state index in [1.807, 2.05) is 56.3 Å². The monoisotopic (exact) mass is 518 g/mol. The number of hydrogen-bond donors (Lipinski definition) is 0. The van der Waals surface area contributed by atoms with Crippen molar-refractivity contribution in [1.29, 1.82) is 0 Å². The fraction of sp³-hybridized carbons (Fsp3) is 0.357. The minimum absolute atomic E-state index is 0.175. The van der Waals surface area contributed by atoms with Crippen molar-refractivity contribution in [2.75, 3.05) is 18.0 Å². The summed E-state index contributed by atoms with van der Waals surface area (Å²) in [6, 6.07) is 13.5. The average molecular weight is 519 g/mol. The third-order valence-corrected chi connectivity index (χ3v) is 8.25. The molecule has 1 aromatic carbocycles. The van der Waals surface area contributed by atoms with E-state index >= 15 is 0 Å². The topological polar surface area (TPSA) is 57.9 Å². The lowest BCUT2D eigenvalue weighted by Crippen LogP contribution is -2.40. The Balaban J connectivity index is 1.61. The first-order valence-corrected chi connectivity index (χ1v) is 13.6. The minimum atomic E-state index is -0.202. The van der Waals surface area contributed by atoms with Crippen LogP contribution in [-0.2, 0) is 4.79 Å². The van der Waals surface area contributed by atoms with Gasteiger partial charge in [0.05, 0.1) is 16.5 Å². The molecule has 0 spiro atoms. The first-order valence-electron chi connectivity index (χ1n) is 12.3. The van der Waals surface area contributed by atoms with Gasteiger partial charge in [0.2, 0.25) is 0 Å². The minimum Gasteiger partial charge on any atom is -0.355 e. The van der Waals surface area contributed by atoms with Crippen molar-refractivity contribution in [3.63, 3.8) is 0 Å². The van der Waals surface area contributed by atoms with E-state index in [0.29, 0.717) is 38.1 Å². The van der Waals surface area contributed by atoms with Crippen LogP contribution >= 0.6 is 24.0 Å². The SMILES string of the molecule is Cc1ccc2nc(N3C[C@H](C)C[C@H](C)C3)c(/C=C3/SC(=S)N([C@@H](C)c4ccccc4)C3=O)c(=O)n2c1. The molecule has 0 saturated carbocycles. The summed E-state index contributed by atoms with van der Waals surface area (Å²) < 4.78 is 2.07. The third-order valence-electron chi connectivity index (χ3n) is 6.92. The average Bonchev–Trinajstić information content (AvgIpc) is 3.13. The van der Waals surface area contributed by atoms with E-state index in [0.717, 1.165) is 30.6 Å². The maximum absolute atomic E-state index is 13.8. The predicted octanol–water partition coefficient (Wildman–Crippen LogP) is 5.45. The summed E-state index contributed by atoms with van der Waals surface area (Å²) in [4.78, 5) is 36.6. The second-order valence-corrected chi connectivity index (χ2v) is 11.8. The number of hydrogen-bond acceptors (Lipinski definition) is 6. The van der Waals surface area contributed by atoms with Crippen LogP contribution in [-0.4, -0.2) is 37.6 Å². The van der Waals surface area contributed by atoms with Gasteiger partial charge in [-0.15, -0.1) is 0 Å². The second kappa shape index (κ2) is 9.82. The number of pyridine rings is 1. The normalized spacial score (nSPS) is 22.6. The van der Waals surface area contributed by atoms with Gasteiger partial charge in [-0.1, -0.05) is 74.2 Å². The van der Waals surface area contributed by atoms with E-state index in [1.165, 1.54) is 11.8 Å². The summed E-state index contributed by atoms with van der Waals surface area (Å²) in [6.45, 7) is 10.0. The Bertz CT molecular complexity index is 1420. The molecule has 2 aromatic heterocycles. The lowest BCUT2D eigenvalue weighted by Gasteiger charge is -2.36. The summed E-state index contributed by atoms with van der Waals surface area (Å²) in [5.41, 5.74) is 2.84. The van der Waals surface area contributed by atoms with Crippen LogP contribution in [0.2, 0.25) is 0 Å². The molecule has 3 atom stereocenters. The maximum atomic E-state index is 13.8. The van der Waals surface area contributed by atoms with Gasteiger partial charge in [-0.25, -0.2) is 4.98 Å². The maximum Gasteiger partial charge on any atom is 0.267 e. The highest BCUT2D eigenvalue weighted by Crippen LogP contribution is 2.39.